The molecule has 1 saturated heterocycles. The summed E-state index contributed by atoms with van der Waals surface area (Å²) in [4.78, 5) is 2.41. The van der Waals surface area contributed by atoms with Crippen molar-refractivity contribution in [3.8, 4) is 28.5 Å². The number of nitriles is 1. The Kier molecular flexibility index (Phi) is 5.50. The summed E-state index contributed by atoms with van der Waals surface area (Å²) >= 11 is 3.98. The van der Waals surface area contributed by atoms with Crippen LogP contribution in [0.25, 0.3) is 27.9 Å². The number of nitrogens with two attached hydrogens (primary N) is 1. The summed E-state index contributed by atoms with van der Waals surface area (Å²) in [5, 5.41) is 9.25. The van der Waals surface area contributed by atoms with E-state index in [-0.39, 0.29) is 6.04 Å². The number of benzene rings is 2. The molecule has 3 heterocycles. The highest BCUT2D eigenvalue weighted by atomic mass is 79.9. The maximum Gasteiger partial charge on any atom is 0.0991 e. The normalized spacial score (nSPS) is 16.3. The van der Waals surface area contributed by atoms with E-state index in [9.17, 15) is 5.26 Å². The molecule has 0 amide bonds. The average molecular weight is 485 g/mol. The number of pyridine rings is 1. The Morgan fingerprint density at radius 3 is 2.44 bits per heavy atom. The van der Waals surface area contributed by atoms with Crippen LogP contribution in [-0.4, -0.2) is 23.5 Å². The molecule has 0 unspecified atom stereocenters. The fraction of sp³-hybridized carbons (Fsp3) is 0.222. The summed E-state index contributed by atoms with van der Waals surface area (Å²) < 4.78 is 3.35. The number of piperidine rings is 1. The van der Waals surface area contributed by atoms with Gasteiger partial charge in [0.05, 0.1) is 33.0 Å². The van der Waals surface area contributed by atoms with Crippen LogP contribution >= 0.6 is 15.9 Å². The van der Waals surface area contributed by atoms with Crippen molar-refractivity contribution in [3.05, 3.63) is 82.5 Å². The number of aromatic nitrogens is 1. The van der Waals surface area contributed by atoms with Crippen LogP contribution in [0.3, 0.4) is 0 Å². The molecule has 4 aromatic rings. The highest BCUT2D eigenvalue weighted by Gasteiger charge is 2.25. The Bertz CT molecular complexity index is 1310. The van der Waals surface area contributed by atoms with Crippen molar-refractivity contribution >= 4 is 27.1 Å². The topological polar surface area (TPSA) is 57.5 Å². The molecule has 1 atom stereocenters. The van der Waals surface area contributed by atoms with Gasteiger partial charge in [0.1, 0.15) is 0 Å². The number of hydrogen-bond acceptors (Lipinski definition) is 3. The van der Waals surface area contributed by atoms with Gasteiger partial charge in [0.15, 0.2) is 0 Å². The molecule has 2 N–H and O–H groups in total. The molecule has 1 fully saturated rings. The Balaban J connectivity index is 1.79. The molecular weight excluding hydrogens is 460 g/mol. The van der Waals surface area contributed by atoms with E-state index >= 15 is 0 Å². The molecular formula is C27H25BrN4. The Labute approximate surface area is 197 Å². The van der Waals surface area contributed by atoms with E-state index in [1.807, 2.05) is 24.3 Å². The van der Waals surface area contributed by atoms with E-state index in [0.29, 0.717) is 5.56 Å². The predicted molar refractivity (Wildman–Crippen MR) is 135 cm³/mol. The van der Waals surface area contributed by atoms with Crippen molar-refractivity contribution in [1.82, 2.24) is 4.40 Å². The molecule has 4 nitrogen and oxygen atoms in total. The van der Waals surface area contributed by atoms with Gasteiger partial charge in [-0.15, -0.1) is 0 Å². The molecule has 0 bridgehead atoms. The first-order chi connectivity index (χ1) is 15.6. The molecule has 1 aliphatic heterocycles. The largest absolute Gasteiger partial charge is 0.368 e. The van der Waals surface area contributed by atoms with Gasteiger partial charge >= 0.3 is 0 Å². The number of rotatable bonds is 3. The lowest BCUT2D eigenvalue weighted by Crippen LogP contribution is -2.43. The van der Waals surface area contributed by atoms with E-state index in [4.69, 9.17) is 5.73 Å². The van der Waals surface area contributed by atoms with Crippen LogP contribution in [0.1, 0.15) is 24.0 Å². The second-order valence-electron chi connectivity index (χ2n) is 8.55. The first kappa shape index (κ1) is 20.8. The van der Waals surface area contributed by atoms with Gasteiger partial charge in [-0.2, -0.15) is 5.26 Å². The molecule has 32 heavy (non-hydrogen) atoms. The maximum atomic E-state index is 9.25. The number of hydrogen-bond donors (Lipinski definition) is 1. The lowest BCUT2D eigenvalue weighted by Gasteiger charge is -2.33. The average Bonchev–Trinajstić information content (AvgIpc) is 3.12. The van der Waals surface area contributed by atoms with Gasteiger partial charge in [0, 0.05) is 30.9 Å². The molecule has 160 valence electrons. The smallest absolute Gasteiger partial charge is 0.0991 e. The zero-order valence-electron chi connectivity index (χ0n) is 18.1. The second-order valence-corrected chi connectivity index (χ2v) is 9.35. The van der Waals surface area contributed by atoms with Gasteiger partial charge in [-0.25, -0.2) is 0 Å². The lowest BCUT2D eigenvalue weighted by molar-refractivity contribution is 0.506. The van der Waals surface area contributed by atoms with Crippen LogP contribution in [0.15, 0.2) is 71.3 Å². The second kappa shape index (κ2) is 8.46. The number of anilines is 1. The van der Waals surface area contributed by atoms with Crippen LogP contribution in [0.5, 0.6) is 0 Å². The molecule has 0 radical (unpaired) electrons. The summed E-state index contributed by atoms with van der Waals surface area (Å²) in [7, 11) is 0. The number of aryl methyl sites for hydroxylation is 1. The van der Waals surface area contributed by atoms with Gasteiger partial charge in [0.25, 0.3) is 0 Å². The molecule has 0 aliphatic carbocycles. The maximum absolute atomic E-state index is 9.25. The molecule has 2 aromatic heterocycles. The molecule has 0 saturated carbocycles. The van der Waals surface area contributed by atoms with Crippen LogP contribution < -0.4 is 10.6 Å². The Morgan fingerprint density at radius 2 is 1.75 bits per heavy atom. The monoisotopic (exact) mass is 484 g/mol. The van der Waals surface area contributed by atoms with Crippen molar-refractivity contribution < 1.29 is 0 Å². The molecule has 0 spiro atoms. The SMILES string of the molecule is Cc1ccc(-c2c(-c3ccc(C#N)cc3)c(Br)c3c(N4CCC[C@@H](N)C4)cccn23)cc1. The summed E-state index contributed by atoms with van der Waals surface area (Å²) in [5.41, 5.74) is 15.1. The summed E-state index contributed by atoms with van der Waals surface area (Å²) in [6.07, 6.45) is 4.32. The van der Waals surface area contributed by atoms with Gasteiger partial charge in [-0.05, 0) is 71.1 Å². The van der Waals surface area contributed by atoms with Gasteiger partial charge in [0.2, 0.25) is 0 Å². The summed E-state index contributed by atoms with van der Waals surface area (Å²) in [6.45, 7) is 3.98. The van der Waals surface area contributed by atoms with Gasteiger partial charge in [-0.3, -0.25) is 0 Å². The molecule has 1 aliphatic rings. The standard InChI is InChI=1S/C27H25BrN4/c1-18-6-10-21(11-7-18)26-24(20-12-8-19(16-29)9-13-20)25(28)27-23(5-3-15-32(26)27)31-14-2-4-22(30)17-31/h3,5-13,15,22H,2,4,14,17,30H2,1H3/t22-/m1/s1. The van der Waals surface area contributed by atoms with E-state index in [2.05, 4.69) is 80.8 Å². The lowest BCUT2D eigenvalue weighted by atomic mass is 9.99. The third-order valence-electron chi connectivity index (χ3n) is 6.30. The number of fused-ring (bicyclic) bond motifs is 1. The first-order valence-corrected chi connectivity index (χ1v) is 11.8. The minimum Gasteiger partial charge on any atom is -0.368 e. The van der Waals surface area contributed by atoms with Crippen molar-refractivity contribution in [1.29, 1.82) is 5.26 Å². The number of nitrogens with zero attached hydrogens (tertiary/aromatic N) is 3. The van der Waals surface area contributed by atoms with Crippen molar-refractivity contribution in [2.75, 3.05) is 18.0 Å². The predicted octanol–water partition coefficient (Wildman–Crippen LogP) is 6.14. The first-order valence-electron chi connectivity index (χ1n) is 11.0. The minimum absolute atomic E-state index is 0.201. The van der Waals surface area contributed by atoms with Gasteiger partial charge in [-0.1, -0.05) is 42.0 Å². The zero-order valence-corrected chi connectivity index (χ0v) is 19.6. The molecule has 5 rings (SSSR count). The summed E-state index contributed by atoms with van der Waals surface area (Å²) in [6, 6.07) is 23.2. The van der Waals surface area contributed by atoms with Crippen LogP contribution in [0.4, 0.5) is 5.69 Å². The van der Waals surface area contributed by atoms with E-state index < -0.39 is 0 Å². The van der Waals surface area contributed by atoms with Crippen molar-refractivity contribution in [2.45, 2.75) is 25.8 Å². The quantitative estimate of drug-likeness (QED) is 0.379. The van der Waals surface area contributed by atoms with E-state index in [0.717, 1.165) is 58.3 Å². The Hall–Kier alpha value is -3.07. The third-order valence-corrected chi connectivity index (χ3v) is 7.08. The fourth-order valence-electron chi connectivity index (χ4n) is 4.70. The fourth-order valence-corrected chi connectivity index (χ4v) is 5.51. The van der Waals surface area contributed by atoms with Crippen LogP contribution in [0.2, 0.25) is 0 Å². The van der Waals surface area contributed by atoms with E-state index in [1.165, 1.54) is 11.3 Å². The number of halogens is 1. The van der Waals surface area contributed by atoms with E-state index in [1.54, 1.807) is 0 Å². The van der Waals surface area contributed by atoms with Gasteiger partial charge < -0.3 is 15.0 Å². The van der Waals surface area contributed by atoms with Crippen LogP contribution in [0, 0.1) is 18.3 Å². The van der Waals surface area contributed by atoms with Crippen molar-refractivity contribution in [3.63, 3.8) is 0 Å². The van der Waals surface area contributed by atoms with Crippen molar-refractivity contribution in [2.24, 2.45) is 5.73 Å². The minimum atomic E-state index is 0.201. The highest BCUT2D eigenvalue weighted by molar-refractivity contribution is 9.10. The summed E-state index contributed by atoms with van der Waals surface area (Å²) in [5.74, 6) is 0. The third kappa shape index (κ3) is 3.60. The molecule has 2 aromatic carbocycles. The highest BCUT2D eigenvalue weighted by Crippen LogP contribution is 2.45. The Morgan fingerprint density at radius 1 is 1.03 bits per heavy atom. The zero-order chi connectivity index (χ0) is 22.2. The molecule has 5 heteroatoms. The van der Waals surface area contributed by atoms with Crippen LogP contribution in [-0.2, 0) is 0 Å².